The van der Waals surface area contributed by atoms with Gasteiger partial charge in [-0.05, 0) is 12.8 Å². The van der Waals surface area contributed by atoms with E-state index < -0.39 is 0 Å². The number of rotatable bonds is 6. The summed E-state index contributed by atoms with van der Waals surface area (Å²) in [7, 11) is 1.93. The lowest BCUT2D eigenvalue weighted by Crippen LogP contribution is -2.37. The van der Waals surface area contributed by atoms with Crippen LogP contribution >= 0.6 is 11.6 Å². The average Bonchev–Trinajstić information content (AvgIpc) is 2.55. The molecule has 92 valence electrons. The van der Waals surface area contributed by atoms with Gasteiger partial charge in [0.05, 0.1) is 16.4 Å². The number of hydrogen-bond donors (Lipinski definition) is 2. The molecule has 1 atom stereocenters. The van der Waals surface area contributed by atoms with Crippen molar-refractivity contribution >= 4 is 11.6 Å². The number of hydrogen-bond acceptors (Lipinski definition) is 3. The molecule has 4 nitrogen and oxygen atoms in total. The third-order valence-corrected chi connectivity index (χ3v) is 3.25. The van der Waals surface area contributed by atoms with Gasteiger partial charge in [-0.1, -0.05) is 31.9 Å². The molecule has 0 aliphatic carbocycles. The minimum absolute atomic E-state index is 0.266. The van der Waals surface area contributed by atoms with Gasteiger partial charge >= 0.3 is 0 Å². The zero-order chi connectivity index (χ0) is 12.1. The monoisotopic (exact) mass is 244 g/mol. The molecule has 3 N–H and O–H groups in total. The minimum atomic E-state index is 0.266. The second-order valence-electron chi connectivity index (χ2n) is 4.04. The summed E-state index contributed by atoms with van der Waals surface area (Å²) < 4.78 is 1.86. The summed E-state index contributed by atoms with van der Waals surface area (Å²) in [6, 6.07) is 0.266. The van der Waals surface area contributed by atoms with Crippen molar-refractivity contribution in [2.45, 2.75) is 45.6 Å². The van der Waals surface area contributed by atoms with E-state index in [1.807, 2.05) is 11.7 Å². The minimum Gasteiger partial charge on any atom is -0.271 e. The van der Waals surface area contributed by atoms with Crippen molar-refractivity contribution in [3.05, 3.63) is 16.4 Å². The third-order valence-electron chi connectivity index (χ3n) is 2.82. The van der Waals surface area contributed by atoms with Crippen LogP contribution in [0.2, 0.25) is 5.02 Å². The van der Waals surface area contributed by atoms with Crippen LogP contribution in [0.1, 0.15) is 38.1 Å². The molecule has 0 saturated heterocycles. The lowest BCUT2D eigenvalue weighted by molar-refractivity contribution is 0.473. The van der Waals surface area contributed by atoms with E-state index in [-0.39, 0.29) is 6.04 Å². The van der Waals surface area contributed by atoms with E-state index in [9.17, 15) is 0 Å². The Balaban J connectivity index is 2.82. The van der Waals surface area contributed by atoms with Gasteiger partial charge < -0.3 is 0 Å². The van der Waals surface area contributed by atoms with Gasteiger partial charge in [-0.25, -0.2) is 0 Å². The van der Waals surface area contributed by atoms with E-state index in [0.29, 0.717) is 0 Å². The predicted octanol–water partition coefficient (Wildman–Crippen LogP) is 1.81. The van der Waals surface area contributed by atoms with Crippen molar-refractivity contribution in [1.29, 1.82) is 0 Å². The molecule has 1 aromatic rings. The first-order chi connectivity index (χ1) is 7.63. The van der Waals surface area contributed by atoms with E-state index in [1.165, 1.54) is 0 Å². The first-order valence-corrected chi connectivity index (χ1v) is 6.18. The van der Waals surface area contributed by atoms with Crippen LogP contribution in [-0.2, 0) is 19.9 Å². The standard InChI is InChI=1S/C11H21ClN4/c1-4-6-8(14-13)7-10-11(12)9(5-2)15-16(10)3/h8,14H,4-7,13H2,1-3H3. The summed E-state index contributed by atoms with van der Waals surface area (Å²) in [4.78, 5) is 0. The van der Waals surface area contributed by atoms with E-state index in [2.05, 4.69) is 24.4 Å². The van der Waals surface area contributed by atoms with Gasteiger partial charge in [-0.3, -0.25) is 16.0 Å². The summed E-state index contributed by atoms with van der Waals surface area (Å²) in [5.74, 6) is 5.52. The van der Waals surface area contributed by atoms with Crippen molar-refractivity contribution in [3.8, 4) is 0 Å². The Morgan fingerprint density at radius 3 is 2.62 bits per heavy atom. The molecular formula is C11H21ClN4. The van der Waals surface area contributed by atoms with E-state index in [0.717, 1.165) is 42.1 Å². The van der Waals surface area contributed by atoms with E-state index >= 15 is 0 Å². The molecule has 16 heavy (non-hydrogen) atoms. The fourth-order valence-corrected chi connectivity index (χ4v) is 2.24. The maximum Gasteiger partial charge on any atom is 0.0850 e. The highest BCUT2D eigenvalue weighted by atomic mass is 35.5. The number of aromatic nitrogens is 2. The summed E-state index contributed by atoms with van der Waals surface area (Å²) in [5, 5.41) is 5.19. The Hall–Kier alpha value is -0.580. The molecule has 0 aliphatic heterocycles. The van der Waals surface area contributed by atoms with E-state index in [4.69, 9.17) is 17.4 Å². The fraction of sp³-hybridized carbons (Fsp3) is 0.727. The largest absolute Gasteiger partial charge is 0.271 e. The smallest absolute Gasteiger partial charge is 0.0850 e. The highest BCUT2D eigenvalue weighted by Gasteiger charge is 2.16. The Morgan fingerprint density at radius 1 is 1.50 bits per heavy atom. The van der Waals surface area contributed by atoms with Crippen LogP contribution in [0.25, 0.3) is 0 Å². The zero-order valence-electron chi connectivity index (χ0n) is 10.3. The van der Waals surface area contributed by atoms with Crippen molar-refractivity contribution in [3.63, 3.8) is 0 Å². The predicted molar refractivity (Wildman–Crippen MR) is 67.3 cm³/mol. The van der Waals surface area contributed by atoms with Crippen LogP contribution in [0.5, 0.6) is 0 Å². The van der Waals surface area contributed by atoms with Crippen LogP contribution in [0.4, 0.5) is 0 Å². The van der Waals surface area contributed by atoms with E-state index in [1.54, 1.807) is 0 Å². The molecule has 0 aromatic carbocycles. The molecule has 1 aromatic heterocycles. The second kappa shape index (κ2) is 6.23. The second-order valence-corrected chi connectivity index (χ2v) is 4.42. The highest BCUT2D eigenvalue weighted by molar-refractivity contribution is 6.31. The van der Waals surface area contributed by atoms with Crippen LogP contribution in [-0.4, -0.2) is 15.8 Å². The van der Waals surface area contributed by atoms with Crippen LogP contribution in [0, 0.1) is 0 Å². The third kappa shape index (κ3) is 2.97. The van der Waals surface area contributed by atoms with Gasteiger partial charge in [0, 0.05) is 19.5 Å². The van der Waals surface area contributed by atoms with Gasteiger partial charge in [-0.15, -0.1) is 0 Å². The molecule has 0 aliphatic rings. The first kappa shape index (κ1) is 13.5. The molecule has 5 heteroatoms. The Morgan fingerprint density at radius 2 is 2.19 bits per heavy atom. The normalized spacial score (nSPS) is 13.1. The lowest BCUT2D eigenvalue weighted by atomic mass is 10.1. The summed E-state index contributed by atoms with van der Waals surface area (Å²) >= 11 is 6.28. The van der Waals surface area contributed by atoms with Crippen LogP contribution in [0.3, 0.4) is 0 Å². The first-order valence-electron chi connectivity index (χ1n) is 5.80. The van der Waals surface area contributed by atoms with Crippen LogP contribution in [0.15, 0.2) is 0 Å². The summed E-state index contributed by atoms with van der Waals surface area (Å²) in [6.45, 7) is 4.20. The molecule has 0 saturated carbocycles. The molecule has 0 radical (unpaired) electrons. The van der Waals surface area contributed by atoms with Crippen molar-refractivity contribution in [1.82, 2.24) is 15.2 Å². The van der Waals surface area contributed by atoms with Gasteiger partial charge in [0.25, 0.3) is 0 Å². The molecule has 1 unspecified atom stereocenters. The summed E-state index contributed by atoms with van der Waals surface area (Å²) in [5.41, 5.74) is 4.86. The Labute approximate surface area is 102 Å². The van der Waals surface area contributed by atoms with Gasteiger partial charge in [0.15, 0.2) is 0 Å². The summed E-state index contributed by atoms with van der Waals surface area (Å²) in [6.07, 6.45) is 3.83. The number of halogens is 1. The van der Waals surface area contributed by atoms with Crippen molar-refractivity contribution in [2.24, 2.45) is 12.9 Å². The molecule has 1 rings (SSSR count). The Bertz CT molecular complexity index is 335. The molecule has 0 fully saturated rings. The van der Waals surface area contributed by atoms with Crippen LogP contribution < -0.4 is 11.3 Å². The van der Waals surface area contributed by atoms with Gasteiger partial charge in [0.1, 0.15) is 0 Å². The van der Waals surface area contributed by atoms with Crippen molar-refractivity contribution < 1.29 is 0 Å². The number of nitrogens with two attached hydrogens (primary N) is 1. The number of nitrogens with zero attached hydrogens (tertiary/aromatic N) is 2. The highest BCUT2D eigenvalue weighted by Crippen LogP contribution is 2.22. The number of hydrazine groups is 1. The van der Waals surface area contributed by atoms with Crippen molar-refractivity contribution in [2.75, 3.05) is 0 Å². The SMILES string of the molecule is CCCC(Cc1c(Cl)c(CC)nn1C)NN. The maximum atomic E-state index is 6.28. The molecule has 0 bridgehead atoms. The van der Waals surface area contributed by atoms with Gasteiger partial charge in [0.2, 0.25) is 0 Å². The van der Waals surface area contributed by atoms with Gasteiger partial charge in [-0.2, -0.15) is 5.10 Å². The fourth-order valence-electron chi connectivity index (χ4n) is 1.87. The number of aryl methyl sites for hydroxylation is 2. The molecule has 0 amide bonds. The zero-order valence-corrected chi connectivity index (χ0v) is 11.0. The number of nitrogens with one attached hydrogen (secondary N) is 1. The average molecular weight is 245 g/mol. The topological polar surface area (TPSA) is 55.9 Å². The Kier molecular flexibility index (Phi) is 5.25. The molecular weight excluding hydrogens is 224 g/mol. The quantitative estimate of drug-likeness (QED) is 0.593. The molecule has 0 spiro atoms. The molecule has 1 heterocycles. The lowest BCUT2D eigenvalue weighted by Gasteiger charge is -2.14. The maximum absolute atomic E-state index is 6.28.